The van der Waals surface area contributed by atoms with Crippen LogP contribution in [-0.2, 0) is 24.4 Å². The Labute approximate surface area is 300 Å². The number of Topliss-reactive ketones (excluding diaryl/α,β-unsaturated/α-hetero) is 1. The Hall–Kier alpha value is -4.19. The number of fused-ring (bicyclic) bond motifs is 3. The lowest BCUT2D eigenvalue weighted by Gasteiger charge is -2.30. The second-order valence-corrected chi connectivity index (χ2v) is 17.6. The van der Waals surface area contributed by atoms with E-state index in [1.54, 1.807) is 11.8 Å². The molecule has 2 saturated carbocycles. The Morgan fingerprint density at radius 3 is 2.51 bits per heavy atom. The fraction of sp³-hybridized carbons (Fsp3) is 0.538. The number of carbonyl (C=O) groups is 3. The molecular formula is C39H49N5O6S. The van der Waals surface area contributed by atoms with Crippen LogP contribution in [0.3, 0.4) is 0 Å². The molecule has 272 valence electrons. The summed E-state index contributed by atoms with van der Waals surface area (Å²) in [4.78, 5) is 49.4. The highest BCUT2D eigenvalue weighted by Gasteiger charge is 2.62. The smallest absolute Gasteiger partial charge is 0.297 e. The van der Waals surface area contributed by atoms with Gasteiger partial charge in [-0.3, -0.25) is 23.7 Å². The van der Waals surface area contributed by atoms with Gasteiger partial charge in [0.2, 0.25) is 21.8 Å². The number of anilines is 1. The Morgan fingerprint density at radius 1 is 1.02 bits per heavy atom. The third kappa shape index (κ3) is 7.03. The number of carbonyl (C=O) groups excluding carboxylic acids is 3. The summed E-state index contributed by atoms with van der Waals surface area (Å²) < 4.78 is 36.3. The molecule has 2 amide bonds. The zero-order chi connectivity index (χ0) is 36.0. The molecule has 0 bridgehead atoms. The monoisotopic (exact) mass is 715 g/mol. The van der Waals surface area contributed by atoms with E-state index in [2.05, 4.69) is 30.0 Å². The van der Waals surface area contributed by atoms with E-state index in [0.29, 0.717) is 31.7 Å². The van der Waals surface area contributed by atoms with Crippen molar-refractivity contribution in [1.29, 1.82) is 0 Å². The maximum Gasteiger partial charge on any atom is 0.297 e. The summed E-state index contributed by atoms with van der Waals surface area (Å²) in [5.41, 5.74) is 1.36. The Bertz CT molecular complexity index is 1940. The van der Waals surface area contributed by atoms with Crippen LogP contribution in [-0.4, -0.2) is 69.9 Å². The standard InChI is InChI=1S/C39H49N5O6S/c1-26(2)44-32-19-13-12-17-30(32)41-37(44)50-29-22-33-34(45)24-39(36(47)42-51(48,49)38(3)20-21-38)23-27(39)14-8-5-4-6-11-18-31(35(46)43(33)25-29)40-28-15-9-7-10-16-28/h7-10,12-17,19,26-27,29,31,33,40H,4-6,11,18,20-25H2,1-3H3,(H,42,47)/b14-8-/t27-,29+,31-,33-,39+/m0/s1. The SMILES string of the molecule is CC(C)n1c(O[C@@H]2C[C@H]3C(=O)C[C@]4(C(=O)NS(=O)(=O)C5(C)CC5)C[C@@H]4/C=C\CCCCC[C@H](Nc4ccccc4)C(=O)N3C2)nc2ccccc21. The second kappa shape index (κ2) is 13.7. The molecule has 2 aliphatic heterocycles. The summed E-state index contributed by atoms with van der Waals surface area (Å²) >= 11 is 0. The van der Waals surface area contributed by atoms with Crippen LogP contribution in [0, 0.1) is 11.3 Å². The number of sulfonamides is 1. The molecule has 3 heterocycles. The van der Waals surface area contributed by atoms with E-state index in [9.17, 15) is 22.8 Å². The van der Waals surface area contributed by atoms with Gasteiger partial charge in [-0.25, -0.2) is 8.42 Å². The molecule has 3 aromatic rings. The number of nitrogens with zero attached hydrogens (tertiary/aromatic N) is 3. The molecule has 7 rings (SSSR count). The van der Waals surface area contributed by atoms with Gasteiger partial charge in [0.25, 0.3) is 6.01 Å². The number of para-hydroxylation sites is 3. The minimum Gasteiger partial charge on any atom is -0.459 e. The second-order valence-electron chi connectivity index (χ2n) is 15.5. The minimum atomic E-state index is -3.90. The van der Waals surface area contributed by atoms with Crippen LogP contribution in [0.2, 0.25) is 0 Å². The molecule has 12 heteroatoms. The number of hydrogen-bond acceptors (Lipinski definition) is 8. The molecule has 2 aromatic carbocycles. The number of nitrogens with one attached hydrogen (secondary N) is 2. The van der Waals surface area contributed by atoms with Crippen LogP contribution >= 0.6 is 0 Å². The van der Waals surface area contributed by atoms with Crippen molar-refractivity contribution < 1.29 is 27.5 Å². The van der Waals surface area contributed by atoms with Crippen molar-refractivity contribution in [2.45, 2.75) is 114 Å². The molecule has 51 heavy (non-hydrogen) atoms. The molecule has 1 aromatic heterocycles. The zero-order valence-electron chi connectivity index (χ0n) is 29.7. The normalized spacial score (nSPS) is 28.7. The predicted octanol–water partition coefficient (Wildman–Crippen LogP) is 5.93. The summed E-state index contributed by atoms with van der Waals surface area (Å²) in [6.07, 6.45) is 9.00. The van der Waals surface area contributed by atoms with E-state index in [4.69, 9.17) is 9.72 Å². The van der Waals surface area contributed by atoms with E-state index in [0.717, 1.165) is 42.4 Å². The summed E-state index contributed by atoms with van der Waals surface area (Å²) in [5.74, 6) is -1.34. The molecule has 3 fully saturated rings. The molecule has 2 aliphatic carbocycles. The van der Waals surface area contributed by atoms with Gasteiger partial charge < -0.3 is 15.0 Å². The molecule has 1 saturated heterocycles. The first-order valence-corrected chi connectivity index (χ1v) is 19.9. The number of amides is 2. The number of ether oxygens (including phenoxy) is 1. The average molecular weight is 716 g/mol. The fourth-order valence-electron chi connectivity index (χ4n) is 7.78. The molecule has 5 atom stereocenters. The van der Waals surface area contributed by atoms with E-state index >= 15 is 0 Å². The van der Waals surface area contributed by atoms with Crippen molar-refractivity contribution in [2.75, 3.05) is 11.9 Å². The van der Waals surface area contributed by atoms with Crippen LogP contribution in [0.5, 0.6) is 6.01 Å². The lowest BCUT2D eigenvalue weighted by atomic mass is 9.91. The summed E-state index contributed by atoms with van der Waals surface area (Å²) in [6, 6.07) is 16.5. The van der Waals surface area contributed by atoms with Gasteiger partial charge >= 0.3 is 0 Å². The number of benzene rings is 2. The van der Waals surface area contributed by atoms with Gasteiger partial charge in [-0.15, -0.1) is 0 Å². The highest BCUT2D eigenvalue weighted by atomic mass is 32.2. The summed E-state index contributed by atoms with van der Waals surface area (Å²) in [7, 11) is -3.90. The van der Waals surface area contributed by atoms with Crippen LogP contribution in [0.1, 0.15) is 91.0 Å². The molecular weight excluding hydrogens is 667 g/mol. The number of imidazole rings is 1. The van der Waals surface area contributed by atoms with Gasteiger partial charge in [-0.2, -0.15) is 4.98 Å². The largest absolute Gasteiger partial charge is 0.459 e. The molecule has 0 spiro atoms. The van der Waals surface area contributed by atoms with Crippen LogP contribution in [0.25, 0.3) is 11.0 Å². The average Bonchev–Trinajstić information content (AvgIpc) is 3.92. The van der Waals surface area contributed by atoms with Crippen molar-refractivity contribution in [3.8, 4) is 6.01 Å². The van der Waals surface area contributed by atoms with Gasteiger partial charge in [-0.05, 0) is 89.5 Å². The van der Waals surface area contributed by atoms with Crippen LogP contribution in [0.4, 0.5) is 5.69 Å². The minimum absolute atomic E-state index is 0.0504. The molecule has 0 radical (unpaired) electrons. The van der Waals surface area contributed by atoms with Crippen molar-refractivity contribution in [1.82, 2.24) is 19.2 Å². The van der Waals surface area contributed by atoms with Crippen LogP contribution in [0.15, 0.2) is 66.7 Å². The van der Waals surface area contributed by atoms with Gasteiger partial charge in [0, 0.05) is 24.6 Å². The number of ketones is 1. The Morgan fingerprint density at radius 2 is 1.76 bits per heavy atom. The third-order valence-electron chi connectivity index (χ3n) is 11.3. The maximum absolute atomic E-state index is 14.6. The molecule has 2 N–H and O–H groups in total. The van der Waals surface area contributed by atoms with Gasteiger partial charge in [-0.1, -0.05) is 55.3 Å². The third-order valence-corrected chi connectivity index (χ3v) is 13.5. The van der Waals surface area contributed by atoms with Crippen LogP contribution < -0.4 is 14.8 Å². The van der Waals surface area contributed by atoms with Gasteiger partial charge in [0.1, 0.15) is 12.1 Å². The van der Waals surface area contributed by atoms with E-state index in [-0.39, 0.29) is 43.0 Å². The quantitative estimate of drug-likeness (QED) is 0.274. The zero-order valence-corrected chi connectivity index (χ0v) is 30.5. The first-order valence-electron chi connectivity index (χ1n) is 18.4. The lowest BCUT2D eigenvalue weighted by molar-refractivity contribution is -0.139. The summed E-state index contributed by atoms with van der Waals surface area (Å²) in [5, 5.41) is 3.44. The Balaban J connectivity index is 1.21. The number of hydrogen-bond donors (Lipinski definition) is 2. The fourth-order valence-corrected chi connectivity index (χ4v) is 9.11. The molecule has 0 unspecified atom stereocenters. The number of allylic oxidation sites excluding steroid dienone is 2. The maximum atomic E-state index is 14.6. The topological polar surface area (TPSA) is 140 Å². The first-order chi connectivity index (χ1) is 24.4. The lowest BCUT2D eigenvalue weighted by Crippen LogP contribution is -2.49. The number of aromatic nitrogens is 2. The highest BCUT2D eigenvalue weighted by Crippen LogP contribution is 2.57. The van der Waals surface area contributed by atoms with Gasteiger partial charge in [0.05, 0.1) is 33.8 Å². The Kier molecular flexibility index (Phi) is 9.49. The van der Waals surface area contributed by atoms with E-state index in [1.165, 1.54) is 0 Å². The van der Waals surface area contributed by atoms with Crippen molar-refractivity contribution in [2.24, 2.45) is 11.3 Å². The predicted molar refractivity (Wildman–Crippen MR) is 196 cm³/mol. The van der Waals surface area contributed by atoms with E-state index < -0.39 is 44.3 Å². The van der Waals surface area contributed by atoms with Crippen molar-refractivity contribution in [3.63, 3.8) is 0 Å². The molecule has 11 nitrogen and oxygen atoms in total. The van der Waals surface area contributed by atoms with Crippen molar-refractivity contribution in [3.05, 3.63) is 66.7 Å². The van der Waals surface area contributed by atoms with E-state index in [1.807, 2.05) is 65.2 Å². The first kappa shape index (κ1) is 35.2. The highest BCUT2D eigenvalue weighted by molar-refractivity contribution is 7.91. The van der Waals surface area contributed by atoms with Crippen molar-refractivity contribution >= 4 is 44.3 Å². The molecule has 4 aliphatic rings. The van der Waals surface area contributed by atoms with Gasteiger partial charge in [0.15, 0.2) is 5.78 Å². The summed E-state index contributed by atoms with van der Waals surface area (Å²) in [6.45, 7) is 5.93. The number of rotatable bonds is 8.